The second-order valence-electron chi connectivity index (χ2n) is 7.37. The number of carbonyl (C=O) groups is 1. The van der Waals surface area contributed by atoms with Gasteiger partial charge in [-0.15, -0.1) is 0 Å². The molecule has 1 aliphatic rings. The van der Waals surface area contributed by atoms with E-state index in [-0.39, 0.29) is 11.2 Å². The first-order valence-corrected chi connectivity index (χ1v) is 9.52. The smallest absolute Gasteiger partial charge is 0.275 e. The van der Waals surface area contributed by atoms with Crippen LogP contribution in [0.2, 0.25) is 0 Å². The number of nitrogens with one attached hydrogen (secondary N) is 1. The average molecular weight is 397 g/mol. The fourth-order valence-corrected chi connectivity index (χ4v) is 4.18. The molecule has 0 aromatic carbocycles. The number of amides is 1. The van der Waals surface area contributed by atoms with E-state index in [9.17, 15) is 14.7 Å². The van der Waals surface area contributed by atoms with Crippen molar-refractivity contribution in [3.05, 3.63) is 46.6 Å². The van der Waals surface area contributed by atoms with Crippen molar-refractivity contribution in [2.45, 2.75) is 37.8 Å². The van der Waals surface area contributed by atoms with E-state index in [4.69, 9.17) is 4.74 Å². The van der Waals surface area contributed by atoms with Crippen LogP contribution in [0.25, 0.3) is 11.0 Å². The highest BCUT2D eigenvalue weighted by Crippen LogP contribution is 2.40. The van der Waals surface area contributed by atoms with Crippen LogP contribution in [0.5, 0.6) is 11.5 Å². The van der Waals surface area contributed by atoms with Crippen LogP contribution in [0.1, 0.15) is 36.2 Å². The maximum Gasteiger partial charge on any atom is 0.275 e. The van der Waals surface area contributed by atoms with Crippen molar-refractivity contribution in [2.24, 2.45) is 0 Å². The summed E-state index contributed by atoms with van der Waals surface area (Å²) in [5.41, 5.74) is -0.579. The molecule has 0 spiro atoms. The molecule has 0 bridgehead atoms. The monoisotopic (exact) mass is 397 g/mol. The standard InChI is InChI=1S/C20H23N5O4/c1-21-19(28)16-17(27)15(26)11-24(23-16)12-20(6-3-4-7-20)25-8-5-13-9-14(29-2)10-22-18(13)25/h5,8-11,26H,3-4,6-7,12H2,1-2H3,(H,21,28). The summed E-state index contributed by atoms with van der Waals surface area (Å²) in [6, 6.07) is 3.94. The number of aromatic hydroxyl groups is 1. The van der Waals surface area contributed by atoms with Gasteiger partial charge in [0, 0.05) is 18.6 Å². The van der Waals surface area contributed by atoms with Crippen molar-refractivity contribution < 1.29 is 14.6 Å². The fourth-order valence-electron chi connectivity index (χ4n) is 4.18. The van der Waals surface area contributed by atoms with Crippen LogP contribution in [0, 0.1) is 0 Å². The minimum Gasteiger partial charge on any atom is -0.503 e. The van der Waals surface area contributed by atoms with E-state index >= 15 is 0 Å². The number of methoxy groups -OCH3 is 1. The lowest BCUT2D eigenvalue weighted by atomic mass is 9.97. The molecule has 0 aliphatic heterocycles. The molecule has 152 valence electrons. The molecule has 0 unspecified atom stereocenters. The molecule has 29 heavy (non-hydrogen) atoms. The quantitative estimate of drug-likeness (QED) is 0.677. The molecule has 0 atom stereocenters. The summed E-state index contributed by atoms with van der Waals surface area (Å²) in [7, 11) is 3.03. The van der Waals surface area contributed by atoms with Crippen molar-refractivity contribution in [3.63, 3.8) is 0 Å². The van der Waals surface area contributed by atoms with Gasteiger partial charge in [-0.2, -0.15) is 5.10 Å². The number of ether oxygens (including phenoxy) is 1. The van der Waals surface area contributed by atoms with E-state index in [0.717, 1.165) is 36.7 Å². The molecule has 1 fully saturated rings. The Morgan fingerprint density at radius 1 is 1.38 bits per heavy atom. The molecule has 9 nitrogen and oxygen atoms in total. The summed E-state index contributed by atoms with van der Waals surface area (Å²) in [5, 5.41) is 17.6. The number of fused-ring (bicyclic) bond motifs is 1. The van der Waals surface area contributed by atoms with Crippen LogP contribution in [0.3, 0.4) is 0 Å². The molecule has 3 heterocycles. The average Bonchev–Trinajstić information content (AvgIpc) is 3.37. The highest BCUT2D eigenvalue weighted by atomic mass is 16.5. The zero-order chi connectivity index (χ0) is 20.6. The van der Waals surface area contributed by atoms with Gasteiger partial charge in [0.15, 0.2) is 11.4 Å². The molecule has 1 amide bonds. The first-order chi connectivity index (χ1) is 14.0. The molecule has 3 aromatic heterocycles. The lowest BCUT2D eigenvalue weighted by molar-refractivity contribution is 0.0952. The highest BCUT2D eigenvalue weighted by Gasteiger charge is 2.37. The molecule has 1 aliphatic carbocycles. The summed E-state index contributed by atoms with van der Waals surface area (Å²) >= 11 is 0. The number of hydrogen-bond acceptors (Lipinski definition) is 6. The summed E-state index contributed by atoms with van der Waals surface area (Å²) in [5.74, 6) is -0.426. The Bertz CT molecular complexity index is 1130. The number of hydrogen-bond donors (Lipinski definition) is 2. The molecule has 4 rings (SSSR count). The number of nitrogens with zero attached hydrogens (tertiary/aromatic N) is 4. The molecule has 2 N–H and O–H groups in total. The second-order valence-corrected chi connectivity index (χ2v) is 7.37. The number of aromatic nitrogens is 4. The van der Waals surface area contributed by atoms with Crippen molar-refractivity contribution in [2.75, 3.05) is 14.2 Å². The van der Waals surface area contributed by atoms with Crippen molar-refractivity contribution in [1.29, 1.82) is 0 Å². The zero-order valence-electron chi connectivity index (χ0n) is 16.4. The van der Waals surface area contributed by atoms with Crippen LogP contribution >= 0.6 is 0 Å². The van der Waals surface area contributed by atoms with Gasteiger partial charge in [-0.05, 0) is 25.0 Å². The third kappa shape index (κ3) is 3.22. The Balaban J connectivity index is 1.79. The molecular weight excluding hydrogens is 374 g/mol. The van der Waals surface area contributed by atoms with E-state index in [1.807, 2.05) is 18.3 Å². The van der Waals surface area contributed by atoms with E-state index in [2.05, 4.69) is 20.0 Å². The number of pyridine rings is 1. The summed E-state index contributed by atoms with van der Waals surface area (Å²) < 4.78 is 8.90. The largest absolute Gasteiger partial charge is 0.503 e. The minimum absolute atomic E-state index is 0.319. The van der Waals surface area contributed by atoms with Crippen molar-refractivity contribution in [1.82, 2.24) is 24.6 Å². The molecular formula is C20H23N5O4. The van der Waals surface area contributed by atoms with E-state index < -0.39 is 17.1 Å². The summed E-state index contributed by atoms with van der Waals surface area (Å²) in [6.07, 6.45) is 8.87. The van der Waals surface area contributed by atoms with Gasteiger partial charge in [-0.25, -0.2) is 4.98 Å². The van der Waals surface area contributed by atoms with Crippen LogP contribution in [-0.4, -0.2) is 44.5 Å². The lowest BCUT2D eigenvalue weighted by Crippen LogP contribution is -2.37. The van der Waals surface area contributed by atoms with Gasteiger partial charge in [0.25, 0.3) is 11.3 Å². The Morgan fingerprint density at radius 2 is 2.14 bits per heavy atom. The molecule has 1 saturated carbocycles. The molecule has 0 radical (unpaired) electrons. The van der Waals surface area contributed by atoms with Gasteiger partial charge in [0.05, 0.1) is 31.6 Å². The Morgan fingerprint density at radius 3 is 2.83 bits per heavy atom. The Hall–Kier alpha value is -3.36. The van der Waals surface area contributed by atoms with Crippen LogP contribution < -0.4 is 15.5 Å². The SMILES string of the molecule is CNC(=O)c1nn(CC2(n3ccc4cc(OC)cnc43)CCCC2)cc(O)c1=O. The molecule has 0 saturated heterocycles. The summed E-state index contributed by atoms with van der Waals surface area (Å²) in [4.78, 5) is 28.7. The fraction of sp³-hybridized carbons (Fsp3) is 0.400. The highest BCUT2D eigenvalue weighted by molar-refractivity contribution is 5.92. The number of carbonyl (C=O) groups excluding carboxylic acids is 1. The maximum absolute atomic E-state index is 12.1. The predicted octanol–water partition coefficient (Wildman–Crippen LogP) is 1.64. The number of rotatable bonds is 5. The van der Waals surface area contributed by atoms with Crippen molar-refractivity contribution >= 4 is 16.9 Å². The van der Waals surface area contributed by atoms with Gasteiger partial charge >= 0.3 is 0 Å². The Labute approximate surface area is 166 Å². The van der Waals surface area contributed by atoms with Gasteiger partial charge in [0.1, 0.15) is 11.4 Å². The lowest BCUT2D eigenvalue weighted by Gasteiger charge is -2.32. The van der Waals surface area contributed by atoms with Crippen LogP contribution in [-0.2, 0) is 12.1 Å². The minimum atomic E-state index is -0.777. The maximum atomic E-state index is 12.1. The summed E-state index contributed by atoms with van der Waals surface area (Å²) in [6.45, 7) is 0.405. The first kappa shape index (κ1) is 19.0. The topological polar surface area (TPSA) is 111 Å². The zero-order valence-corrected chi connectivity index (χ0v) is 16.4. The van der Waals surface area contributed by atoms with E-state index in [0.29, 0.717) is 12.3 Å². The predicted molar refractivity (Wildman–Crippen MR) is 106 cm³/mol. The van der Waals surface area contributed by atoms with Crippen LogP contribution in [0.15, 0.2) is 35.5 Å². The molecule has 3 aromatic rings. The van der Waals surface area contributed by atoms with Gasteiger partial charge in [-0.1, -0.05) is 12.8 Å². The van der Waals surface area contributed by atoms with Crippen LogP contribution in [0.4, 0.5) is 0 Å². The van der Waals surface area contributed by atoms with Crippen molar-refractivity contribution in [3.8, 4) is 11.5 Å². The van der Waals surface area contributed by atoms with Gasteiger partial charge in [0.2, 0.25) is 0 Å². The van der Waals surface area contributed by atoms with Gasteiger partial charge < -0.3 is 19.7 Å². The first-order valence-electron chi connectivity index (χ1n) is 9.52. The van der Waals surface area contributed by atoms with E-state index in [1.54, 1.807) is 13.3 Å². The second kappa shape index (κ2) is 7.23. The Kier molecular flexibility index (Phi) is 4.73. The van der Waals surface area contributed by atoms with E-state index in [1.165, 1.54) is 17.9 Å². The molecule has 9 heteroatoms. The van der Waals surface area contributed by atoms with Gasteiger partial charge in [-0.3, -0.25) is 14.3 Å². The normalized spacial score (nSPS) is 15.5. The third-order valence-electron chi connectivity index (χ3n) is 5.63. The third-order valence-corrected chi connectivity index (χ3v) is 5.63.